The van der Waals surface area contributed by atoms with Crippen LogP contribution in [-0.2, 0) is 0 Å². The summed E-state index contributed by atoms with van der Waals surface area (Å²) in [7, 11) is 0. The molecule has 0 aromatic carbocycles. The van der Waals surface area contributed by atoms with Crippen LogP contribution in [0.4, 0.5) is 0 Å². The third-order valence-electron chi connectivity index (χ3n) is 2.11. The van der Waals surface area contributed by atoms with Gasteiger partial charge in [0, 0.05) is 11.9 Å². The normalized spacial score (nSPS) is 26.9. The van der Waals surface area contributed by atoms with Crippen molar-refractivity contribution in [1.82, 2.24) is 0 Å². The molecule has 1 heterocycles. The van der Waals surface area contributed by atoms with Crippen LogP contribution < -0.4 is 0 Å². The lowest BCUT2D eigenvalue weighted by Gasteiger charge is -2.00. The average molecular weight is 137 g/mol. The minimum absolute atomic E-state index is 0.660. The Morgan fingerprint density at radius 1 is 1.50 bits per heavy atom. The Kier molecular flexibility index (Phi) is 2.25. The molecular formula is C9H15N. The van der Waals surface area contributed by atoms with E-state index in [-0.39, 0.29) is 0 Å². The van der Waals surface area contributed by atoms with Gasteiger partial charge in [-0.1, -0.05) is 12.5 Å². The van der Waals surface area contributed by atoms with Gasteiger partial charge in [0.15, 0.2) is 0 Å². The molecule has 56 valence electrons. The van der Waals surface area contributed by atoms with E-state index in [0.29, 0.717) is 5.92 Å². The lowest BCUT2D eigenvalue weighted by atomic mass is 10.0. The predicted octanol–water partition coefficient (Wildman–Crippen LogP) is 2.78. The summed E-state index contributed by atoms with van der Waals surface area (Å²) in [4.78, 5) is 4.34. The molecule has 0 aromatic rings. The maximum absolute atomic E-state index is 4.34. The van der Waals surface area contributed by atoms with Crippen molar-refractivity contribution in [3.63, 3.8) is 0 Å². The second kappa shape index (κ2) is 3.00. The highest BCUT2D eigenvalue weighted by atomic mass is 14.7. The van der Waals surface area contributed by atoms with E-state index in [2.05, 4.69) is 32.0 Å². The van der Waals surface area contributed by atoms with Crippen molar-refractivity contribution in [3.8, 4) is 0 Å². The number of allylic oxidation sites excluding steroid dienone is 2. The summed E-state index contributed by atoms with van der Waals surface area (Å²) in [6.45, 7) is 6.48. The van der Waals surface area contributed by atoms with Gasteiger partial charge in [0.2, 0.25) is 0 Å². The molecular weight excluding hydrogens is 122 g/mol. The fraction of sp³-hybridized carbons (Fsp3) is 0.667. The largest absolute Gasteiger partial charge is 0.266 e. The van der Waals surface area contributed by atoms with Crippen LogP contribution in [0, 0.1) is 5.92 Å². The first-order chi connectivity index (χ1) is 4.70. The van der Waals surface area contributed by atoms with E-state index in [1.807, 2.05) is 0 Å². The summed E-state index contributed by atoms with van der Waals surface area (Å²) >= 11 is 0. The molecule has 0 N–H and O–H groups in total. The second-order valence-electron chi connectivity index (χ2n) is 3.16. The molecule has 1 aliphatic heterocycles. The lowest BCUT2D eigenvalue weighted by Crippen LogP contribution is -1.92. The maximum Gasteiger partial charge on any atom is 0.0358 e. The van der Waals surface area contributed by atoms with Crippen LogP contribution in [0.5, 0.6) is 0 Å². The Morgan fingerprint density at radius 2 is 2.20 bits per heavy atom. The van der Waals surface area contributed by atoms with Crippen LogP contribution in [0.15, 0.2) is 16.3 Å². The van der Waals surface area contributed by atoms with Crippen LogP contribution in [0.3, 0.4) is 0 Å². The predicted molar refractivity (Wildman–Crippen MR) is 45.3 cm³/mol. The molecule has 0 aromatic heterocycles. The molecule has 1 heteroatoms. The third kappa shape index (κ3) is 1.69. The zero-order chi connectivity index (χ0) is 7.56. The van der Waals surface area contributed by atoms with Crippen LogP contribution in [0.1, 0.15) is 33.6 Å². The quantitative estimate of drug-likeness (QED) is 0.487. The fourth-order valence-corrected chi connectivity index (χ4v) is 1.05. The number of nitrogens with zero attached hydrogens (tertiary/aromatic N) is 1. The van der Waals surface area contributed by atoms with Gasteiger partial charge in [-0.2, -0.15) is 0 Å². The highest BCUT2D eigenvalue weighted by molar-refractivity contribution is 5.62. The van der Waals surface area contributed by atoms with E-state index in [1.165, 1.54) is 24.1 Å². The van der Waals surface area contributed by atoms with Crippen molar-refractivity contribution < 1.29 is 0 Å². The Labute approximate surface area is 62.9 Å². The van der Waals surface area contributed by atoms with Crippen molar-refractivity contribution in [3.05, 3.63) is 11.3 Å². The van der Waals surface area contributed by atoms with Crippen molar-refractivity contribution in [2.75, 3.05) is 0 Å². The summed E-state index contributed by atoms with van der Waals surface area (Å²) in [6, 6.07) is 0. The summed E-state index contributed by atoms with van der Waals surface area (Å²) in [6.07, 6.45) is 4.53. The second-order valence-corrected chi connectivity index (χ2v) is 3.16. The topological polar surface area (TPSA) is 12.4 Å². The molecule has 0 radical (unpaired) electrons. The first kappa shape index (κ1) is 7.52. The zero-order valence-electron chi connectivity index (χ0n) is 7.02. The van der Waals surface area contributed by atoms with Crippen LogP contribution >= 0.6 is 0 Å². The van der Waals surface area contributed by atoms with E-state index in [0.717, 1.165) is 0 Å². The van der Waals surface area contributed by atoms with Crippen molar-refractivity contribution >= 4 is 6.21 Å². The highest BCUT2D eigenvalue weighted by Crippen LogP contribution is 2.18. The molecule has 1 nitrogen and oxygen atoms in total. The molecule has 1 unspecified atom stereocenters. The number of rotatable bonds is 0. The van der Waals surface area contributed by atoms with Crippen LogP contribution in [-0.4, -0.2) is 6.21 Å². The van der Waals surface area contributed by atoms with E-state index >= 15 is 0 Å². The molecule has 0 amide bonds. The first-order valence-electron chi connectivity index (χ1n) is 3.90. The molecule has 0 saturated heterocycles. The fourth-order valence-electron chi connectivity index (χ4n) is 1.05. The summed E-state index contributed by atoms with van der Waals surface area (Å²) in [5, 5.41) is 0. The summed E-state index contributed by atoms with van der Waals surface area (Å²) < 4.78 is 0. The van der Waals surface area contributed by atoms with Crippen molar-refractivity contribution in [2.24, 2.45) is 10.9 Å². The summed E-state index contributed by atoms with van der Waals surface area (Å²) in [5.41, 5.74) is 2.66. The zero-order valence-corrected chi connectivity index (χ0v) is 7.02. The Morgan fingerprint density at radius 3 is 2.90 bits per heavy atom. The van der Waals surface area contributed by atoms with Gasteiger partial charge in [0.05, 0.1) is 0 Å². The molecule has 0 bridgehead atoms. The molecule has 0 saturated carbocycles. The van der Waals surface area contributed by atoms with Crippen LogP contribution in [0.25, 0.3) is 0 Å². The van der Waals surface area contributed by atoms with Crippen molar-refractivity contribution in [1.29, 1.82) is 0 Å². The van der Waals surface area contributed by atoms with Gasteiger partial charge >= 0.3 is 0 Å². The molecule has 0 spiro atoms. The van der Waals surface area contributed by atoms with Crippen LogP contribution in [0.2, 0.25) is 0 Å². The monoisotopic (exact) mass is 137 g/mol. The van der Waals surface area contributed by atoms with Crippen molar-refractivity contribution in [2.45, 2.75) is 33.6 Å². The van der Waals surface area contributed by atoms with Gasteiger partial charge in [0.1, 0.15) is 0 Å². The maximum atomic E-state index is 4.34. The Bertz CT molecular complexity index is 177. The average Bonchev–Trinajstić information content (AvgIpc) is 2.04. The summed E-state index contributed by atoms with van der Waals surface area (Å²) in [5.74, 6) is 0.660. The van der Waals surface area contributed by atoms with E-state index in [9.17, 15) is 0 Å². The lowest BCUT2D eigenvalue weighted by molar-refractivity contribution is 0.695. The van der Waals surface area contributed by atoms with Gasteiger partial charge < -0.3 is 0 Å². The van der Waals surface area contributed by atoms with E-state index < -0.39 is 0 Å². The first-order valence-corrected chi connectivity index (χ1v) is 3.90. The molecule has 1 rings (SSSR count). The van der Waals surface area contributed by atoms with Gasteiger partial charge in [-0.15, -0.1) is 0 Å². The number of aliphatic imine (C=N–C) groups is 1. The van der Waals surface area contributed by atoms with Gasteiger partial charge in [0.25, 0.3) is 0 Å². The van der Waals surface area contributed by atoms with Gasteiger partial charge in [-0.25, -0.2) is 0 Å². The van der Waals surface area contributed by atoms with E-state index in [1.54, 1.807) is 0 Å². The minimum atomic E-state index is 0.660. The number of hydrogen-bond acceptors (Lipinski definition) is 1. The van der Waals surface area contributed by atoms with Gasteiger partial charge in [-0.3, -0.25) is 4.99 Å². The highest BCUT2D eigenvalue weighted by Gasteiger charge is 2.04. The number of hydrogen-bond donors (Lipinski definition) is 0. The standard InChI is InChI=1S/C9H15N/c1-7-4-5-8(2)9(3)10-6-7/h6-7H,4-5H2,1-3H3. The molecule has 1 aliphatic rings. The van der Waals surface area contributed by atoms with E-state index in [4.69, 9.17) is 0 Å². The third-order valence-corrected chi connectivity index (χ3v) is 2.11. The van der Waals surface area contributed by atoms with Gasteiger partial charge in [-0.05, 0) is 32.6 Å². The smallest absolute Gasteiger partial charge is 0.0358 e. The molecule has 0 fully saturated rings. The molecule has 10 heavy (non-hydrogen) atoms. The molecule has 1 atom stereocenters. The SMILES string of the molecule is CC1=C(C)N=CC(C)CC1. The Hall–Kier alpha value is -0.590. The Balaban J connectivity index is 2.72. The minimum Gasteiger partial charge on any atom is -0.266 e. The molecule has 0 aliphatic carbocycles.